The van der Waals surface area contributed by atoms with Gasteiger partial charge in [0.1, 0.15) is 5.69 Å². The fourth-order valence-corrected chi connectivity index (χ4v) is 2.79. The van der Waals surface area contributed by atoms with E-state index in [1.165, 1.54) is 16.8 Å². The second kappa shape index (κ2) is 8.91. The van der Waals surface area contributed by atoms with E-state index in [0.29, 0.717) is 19.7 Å². The molecule has 0 saturated carbocycles. The molecule has 24 heavy (non-hydrogen) atoms. The highest BCUT2D eigenvalue weighted by Crippen LogP contribution is 2.09. The Kier molecular flexibility index (Phi) is 6.89. The van der Waals surface area contributed by atoms with Crippen LogP contribution in [0.15, 0.2) is 16.9 Å². The van der Waals surface area contributed by atoms with E-state index in [2.05, 4.69) is 29.2 Å². The first-order valence-electron chi connectivity index (χ1n) is 8.22. The van der Waals surface area contributed by atoms with Gasteiger partial charge in [-0.15, -0.1) is 0 Å². The molecule has 1 fully saturated rings. The summed E-state index contributed by atoms with van der Waals surface area (Å²) in [5.41, 5.74) is -0.0192. The standard InChI is InChI=1S/C16H26N4O4/c1-12-10-19(11-13(2)24-12)7-6-17-16(22)14-4-5-15(21)20(18-14)8-9-23-3/h4-5,12-13H,6-11H2,1-3H3,(H,17,22)/t12-,13-/m0/s1. The van der Waals surface area contributed by atoms with Crippen LogP contribution in [0.5, 0.6) is 0 Å². The molecule has 0 aromatic carbocycles. The first-order valence-corrected chi connectivity index (χ1v) is 8.22. The molecule has 2 heterocycles. The summed E-state index contributed by atoms with van der Waals surface area (Å²) in [5, 5.41) is 6.93. The molecule has 1 aromatic rings. The van der Waals surface area contributed by atoms with Gasteiger partial charge in [-0.05, 0) is 19.9 Å². The maximum atomic E-state index is 12.2. The van der Waals surface area contributed by atoms with Crippen LogP contribution in [0.4, 0.5) is 0 Å². The number of carbonyl (C=O) groups excluding carboxylic acids is 1. The summed E-state index contributed by atoms with van der Waals surface area (Å²) < 4.78 is 11.9. The second-order valence-electron chi connectivity index (χ2n) is 6.05. The summed E-state index contributed by atoms with van der Waals surface area (Å²) >= 11 is 0. The van der Waals surface area contributed by atoms with Gasteiger partial charge in [0, 0.05) is 39.4 Å². The van der Waals surface area contributed by atoms with Crippen molar-refractivity contribution in [3.63, 3.8) is 0 Å². The molecule has 8 nitrogen and oxygen atoms in total. The van der Waals surface area contributed by atoms with Crippen molar-refractivity contribution in [2.45, 2.75) is 32.6 Å². The predicted octanol–water partition coefficient (Wildman–Crippen LogP) is -0.271. The number of aromatic nitrogens is 2. The lowest BCUT2D eigenvalue weighted by Crippen LogP contribution is -2.48. The molecule has 1 amide bonds. The zero-order valence-corrected chi connectivity index (χ0v) is 14.5. The Balaban J connectivity index is 1.85. The maximum absolute atomic E-state index is 12.2. The molecule has 134 valence electrons. The molecule has 1 aliphatic heterocycles. The van der Waals surface area contributed by atoms with Gasteiger partial charge in [-0.3, -0.25) is 14.5 Å². The van der Waals surface area contributed by atoms with Gasteiger partial charge in [0.2, 0.25) is 0 Å². The first kappa shape index (κ1) is 18.6. The second-order valence-corrected chi connectivity index (χ2v) is 6.05. The van der Waals surface area contributed by atoms with Gasteiger partial charge < -0.3 is 14.8 Å². The largest absolute Gasteiger partial charge is 0.383 e. The molecule has 0 radical (unpaired) electrons. The Hall–Kier alpha value is -1.77. The van der Waals surface area contributed by atoms with Gasteiger partial charge >= 0.3 is 0 Å². The molecule has 8 heteroatoms. The minimum atomic E-state index is -0.282. The quantitative estimate of drug-likeness (QED) is 0.737. The molecule has 2 atom stereocenters. The summed E-state index contributed by atoms with van der Waals surface area (Å²) in [6.45, 7) is 7.79. The van der Waals surface area contributed by atoms with Crippen LogP contribution in [0.3, 0.4) is 0 Å². The van der Waals surface area contributed by atoms with Gasteiger partial charge in [0.05, 0.1) is 25.4 Å². The molecule has 0 bridgehead atoms. The zero-order valence-electron chi connectivity index (χ0n) is 14.5. The molecule has 1 saturated heterocycles. The van der Waals surface area contributed by atoms with E-state index in [1.54, 1.807) is 7.11 Å². The lowest BCUT2D eigenvalue weighted by molar-refractivity contribution is -0.0672. The maximum Gasteiger partial charge on any atom is 0.271 e. The Morgan fingerprint density at radius 2 is 2.04 bits per heavy atom. The summed E-state index contributed by atoms with van der Waals surface area (Å²) in [7, 11) is 1.55. The topological polar surface area (TPSA) is 85.7 Å². The number of carbonyl (C=O) groups is 1. The molecule has 0 unspecified atom stereocenters. The van der Waals surface area contributed by atoms with Crippen LogP contribution in [0.1, 0.15) is 24.3 Å². The number of nitrogens with one attached hydrogen (secondary N) is 1. The van der Waals surface area contributed by atoms with Crippen molar-refractivity contribution in [1.82, 2.24) is 20.0 Å². The molecule has 0 spiro atoms. The molecular weight excluding hydrogens is 312 g/mol. The highest BCUT2D eigenvalue weighted by molar-refractivity contribution is 5.91. The van der Waals surface area contributed by atoms with Crippen molar-refractivity contribution >= 4 is 5.91 Å². The van der Waals surface area contributed by atoms with E-state index < -0.39 is 0 Å². The van der Waals surface area contributed by atoms with Crippen LogP contribution in [-0.4, -0.2) is 72.7 Å². The van der Waals surface area contributed by atoms with Crippen LogP contribution in [0.2, 0.25) is 0 Å². The van der Waals surface area contributed by atoms with E-state index in [-0.39, 0.29) is 29.4 Å². The summed E-state index contributed by atoms with van der Waals surface area (Å²) in [5.74, 6) is -0.282. The summed E-state index contributed by atoms with van der Waals surface area (Å²) in [6.07, 6.45) is 0.408. The van der Waals surface area contributed by atoms with E-state index >= 15 is 0 Å². The number of rotatable bonds is 7. The number of morpholine rings is 1. The third-order valence-corrected chi connectivity index (χ3v) is 3.82. The van der Waals surface area contributed by atoms with Gasteiger partial charge in [-0.2, -0.15) is 5.10 Å². The number of nitrogens with zero attached hydrogens (tertiary/aromatic N) is 3. The summed E-state index contributed by atoms with van der Waals surface area (Å²) in [4.78, 5) is 26.1. The monoisotopic (exact) mass is 338 g/mol. The Bertz CT molecular complexity index is 594. The average molecular weight is 338 g/mol. The van der Waals surface area contributed by atoms with Crippen molar-refractivity contribution in [3.8, 4) is 0 Å². The van der Waals surface area contributed by atoms with Crippen LogP contribution in [0.25, 0.3) is 0 Å². The fourth-order valence-electron chi connectivity index (χ4n) is 2.79. The van der Waals surface area contributed by atoms with Gasteiger partial charge in [-0.1, -0.05) is 0 Å². The normalized spacial score (nSPS) is 21.6. The van der Waals surface area contributed by atoms with Crippen molar-refractivity contribution in [2.24, 2.45) is 0 Å². The van der Waals surface area contributed by atoms with Crippen molar-refractivity contribution < 1.29 is 14.3 Å². The van der Waals surface area contributed by atoms with Gasteiger partial charge in [0.15, 0.2) is 0 Å². The van der Waals surface area contributed by atoms with E-state index in [1.807, 2.05) is 0 Å². The Morgan fingerprint density at radius 3 is 2.71 bits per heavy atom. The van der Waals surface area contributed by atoms with Crippen molar-refractivity contribution in [2.75, 3.05) is 39.9 Å². The van der Waals surface area contributed by atoms with Crippen molar-refractivity contribution in [3.05, 3.63) is 28.2 Å². The molecule has 0 aliphatic carbocycles. The fraction of sp³-hybridized carbons (Fsp3) is 0.688. The van der Waals surface area contributed by atoms with Crippen molar-refractivity contribution in [1.29, 1.82) is 0 Å². The van der Waals surface area contributed by atoms with Crippen LogP contribution < -0.4 is 10.9 Å². The van der Waals surface area contributed by atoms with E-state index in [0.717, 1.165) is 19.6 Å². The SMILES string of the molecule is COCCn1nc(C(=O)NCCN2C[C@H](C)O[C@@H](C)C2)ccc1=O. The zero-order chi connectivity index (χ0) is 17.5. The third kappa shape index (κ3) is 5.40. The molecule has 1 aliphatic rings. The number of amides is 1. The average Bonchev–Trinajstić information content (AvgIpc) is 2.53. The van der Waals surface area contributed by atoms with E-state index in [9.17, 15) is 9.59 Å². The highest BCUT2D eigenvalue weighted by atomic mass is 16.5. The third-order valence-electron chi connectivity index (χ3n) is 3.82. The number of hydrogen-bond donors (Lipinski definition) is 1. The number of hydrogen-bond acceptors (Lipinski definition) is 6. The number of methoxy groups -OCH3 is 1. The van der Waals surface area contributed by atoms with Crippen LogP contribution >= 0.6 is 0 Å². The Morgan fingerprint density at radius 1 is 1.33 bits per heavy atom. The summed E-state index contributed by atoms with van der Waals surface area (Å²) in [6, 6.07) is 2.79. The minimum absolute atomic E-state index is 0.204. The molecule has 1 N–H and O–H groups in total. The predicted molar refractivity (Wildman–Crippen MR) is 89.2 cm³/mol. The lowest BCUT2D eigenvalue weighted by atomic mass is 10.2. The van der Waals surface area contributed by atoms with E-state index in [4.69, 9.17) is 9.47 Å². The van der Waals surface area contributed by atoms with Gasteiger partial charge in [-0.25, -0.2) is 4.68 Å². The van der Waals surface area contributed by atoms with Gasteiger partial charge in [0.25, 0.3) is 11.5 Å². The van der Waals surface area contributed by atoms with Crippen LogP contribution in [0, 0.1) is 0 Å². The lowest BCUT2D eigenvalue weighted by Gasteiger charge is -2.35. The Labute approximate surface area is 141 Å². The van der Waals surface area contributed by atoms with Crippen LogP contribution in [-0.2, 0) is 16.0 Å². The highest BCUT2D eigenvalue weighted by Gasteiger charge is 2.21. The number of ether oxygens (including phenoxy) is 2. The smallest absolute Gasteiger partial charge is 0.271 e. The molecular formula is C16H26N4O4. The molecule has 2 rings (SSSR count). The first-order chi connectivity index (χ1) is 11.5. The minimum Gasteiger partial charge on any atom is -0.383 e. The molecule has 1 aromatic heterocycles.